The summed E-state index contributed by atoms with van der Waals surface area (Å²) in [6.45, 7) is -3.58. The van der Waals surface area contributed by atoms with E-state index in [-0.39, 0.29) is 17.4 Å². The molecule has 0 radical (unpaired) electrons. The first-order chi connectivity index (χ1) is 16.8. The van der Waals surface area contributed by atoms with Crippen molar-refractivity contribution in [1.29, 1.82) is 0 Å². The van der Waals surface area contributed by atoms with E-state index in [0.29, 0.717) is 5.56 Å². The summed E-state index contributed by atoms with van der Waals surface area (Å²) in [6, 6.07) is 38.9. The molecule has 4 aromatic rings. The van der Waals surface area contributed by atoms with E-state index in [4.69, 9.17) is 4.52 Å². The van der Waals surface area contributed by atoms with Gasteiger partial charge >= 0.3 is 200 Å². The molecule has 0 amide bonds. The van der Waals surface area contributed by atoms with Gasteiger partial charge in [0.2, 0.25) is 0 Å². The summed E-state index contributed by atoms with van der Waals surface area (Å²) in [5.74, 6) is -0.220. The normalized spacial score (nSPS) is 25.2. The second-order valence-electron chi connectivity index (χ2n) is 8.99. The Labute approximate surface area is 200 Å². The Kier molecular flexibility index (Phi) is 5.10. The molecule has 0 saturated carbocycles. The van der Waals surface area contributed by atoms with Crippen molar-refractivity contribution in [1.82, 2.24) is 0 Å². The van der Waals surface area contributed by atoms with Crippen LogP contribution >= 0.6 is 6.83 Å². The van der Waals surface area contributed by atoms with Gasteiger partial charge in [-0.2, -0.15) is 0 Å². The van der Waals surface area contributed by atoms with Gasteiger partial charge in [-0.1, -0.05) is 0 Å². The first-order valence-electron chi connectivity index (χ1n) is 11.7. The Balaban J connectivity index is 1.78. The zero-order chi connectivity index (χ0) is 23.0. The number of allylic oxidation sites excluding steroid dienone is 3. The Morgan fingerprint density at radius 2 is 1.03 bits per heavy atom. The van der Waals surface area contributed by atoms with Gasteiger partial charge in [0.1, 0.15) is 0 Å². The van der Waals surface area contributed by atoms with Gasteiger partial charge in [0.25, 0.3) is 0 Å². The molecule has 0 N–H and O–H groups in total. The number of halogens is 1. The van der Waals surface area contributed by atoms with Crippen molar-refractivity contribution >= 4 is 22.7 Å². The topological polar surface area (TPSA) is 9.23 Å². The Morgan fingerprint density at radius 1 is 0.559 bits per heavy atom. The molecule has 6 rings (SSSR count). The van der Waals surface area contributed by atoms with Gasteiger partial charge in [-0.3, -0.25) is 0 Å². The van der Waals surface area contributed by atoms with Gasteiger partial charge in [0.05, 0.1) is 0 Å². The molecule has 1 heterocycles. The van der Waals surface area contributed by atoms with Crippen molar-refractivity contribution in [3.63, 3.8) is 0 Å². The van der Waals surface area contributed by atoms with Crippen molar-refractivity contribution in [2.24, 2.45) is 5.92 Å². The van der Waals surface area contributed by atoms with Crippen LogP contribution in [0, 0.1) is 11.7 Å². The van der Waals surface area contributed by atoms with Gasteiger partial charge in [0.15, 0.2) is 0 Å². The molecule has 0 aromatic heterocycles. The molecule has 1 aliphatic carbocycles. The van der Waals surface area contributed by atoms with Crippen molar-refractivity contribution in [2.45, 2.75) is 11.8 Å². The zero-order valence-corrected chi connectivity index (χ0v) is 19.6. The molecule has 2 aliphatic rings. The number of rotatable bonds is 4. The molecule has 3 atom stereocenters. The van der Waals surface area contributed by atoms with E-state index in [1.807, 2.05) is 30.3 Å². The molecule has 4 aromatic carbocycles. The maximum atomic E-state index is 15.3. The van der Waals surface area contributed by atoms with E-state index in [9.17, 15) is 0 Å². The molecule has 1 fully saturated rings. The van der Waals surface area contributed by atoms with Crippen LogP contribution in [-0.2, 0) is 4.52 Å². The van der Waals surface area contributed by atoms with Gasteiger partial charge in [-0.15, -0.1) is 0 Å². The molecule has 0 spiro atoms. The van der Waals surface area contributed by atoms with Gasteiger partial charge in [0, 0.05) is 0 Å². The summed E-state index contributed by atoms with van der Waals surface area (Å²) < 4.78 is 22.9. The molecule has 3 heteroatoms. The monoisotopic (exact) mass is 464 g/mol. The maximum absolute atomic E-state index is 15.3. The molecular formula is C31H26FOP. The SMILES string of the molecule is Fc1ccccc1[C@@H]1OP(c2ccccc2)(c2ccccc2)(c2ccccc2)C2C=CC=CC21. The van der Waals surface area contributed by atoms with Crippen molar-refractivity contribution in [2.75, 3.05) is 0 Å². The van der Waals surface area contributed by atoms with Crippen LogP contribution in [0.15, 0.2) is 140 Å². The Bertz CT molecular complexity index is 1270. The second kappa shape index (κ2) is 8.17. The fraction of sp³-hybridized carbons (Fsp3) is 0.0968. The predicted octanol–water partition coefficient (Wildman–Crippen LogP) is 6.45. The van der Waals surface area contributed by atoms with Crippen LogP contribution < -0.4 is 15.9 Å². The summed E-state index contributed by atoms with van der Waals surface area (Å²) in [5, 5.41) is 3.50. The molecule has 168 valence electrons. The van der Waals surface area contributed by atoms with Crippen LogP contribution in [0.5, 0.6) is 0 Å². The fourth-order valence-electron chi connectivity index (χ4n) is 6.05. The van der Waals surface area contributed by atoms with Gasteiger partial charge in [-0.25, -0.2) is 0 Å². The molecule has 34 heavy (non-hydrogen) atoms. The summed E-state index contributed by atoms with van der Waals surface area (Å²) in [4.78, 5) is 0. The van der Waals surface area contributed by atoms with Crippen LogP contribution in [0.2, 0.25) is 0 Å². The number of benzene rings is 4. The summed E-state index contributed by atoms with van der Waals surface area (Å²) in [5.41, 5.74) is 0.652. The van der Waals surface area contributed by atoms with Gasteiger partial charge in [-0.05, 0) is 0 Å². The van der Waals surface area contributed by atoms with E-state index in [1.54, 1.807) is 6.07 Å². The van der Waals surface area contributed by atoms with Crippen LogP contribution in [0.25, 0.3) is 0 Å². The minimum absolute atomic E-state index is 0.000171. The Hall–Kier alpha value is -3.32. The van der Waals surface area contributed by atoms with Gasteiger partial charge < -0.3 is 0 Å². The quantitative estimate of drug-likeness (QED) is 0.315. The third kappa shape index (κ3) is 2.79. The predicted molar refractivity (Wildman–Crippen MR) is 141 cm³/mol. The summed E-state index contributed by atoms with van der Waals surface area (Å²) in [6.07, 6.45) is 8.31. The van der Waals surface area contributed by atoms with Crippen LogP contribution in [0.1, 0.15) is 11.7 Å². The zero-order valence-electron chi connectivity index (χ0n) is 18.7. The number of fused-ring (bicyclic) bond motifs is 1. The van der Waals surface area contributed by atoms with Crippen molar-refractivity contribution < 1.29 is 8.91 Å². The van der Waals surface area contributed by atoms with E-state index in [1.165, 1.54) is 22.0 Å². The molecular weight excluding hydrogens is 438 g/mol. The van der Waals surface area contributed by atoms with Crippen LogP contribution in [-0.4, -0.2) is 5.66 Å². The fourth-order valence-corrected chi connectivity index (χ4v) is 12.8. The van der Waals surface area contributed by atoms with E-state index >= 15 is 4.39 Å². The third-order valence-corrected chi connectivity index (χ3v) is 13.7. The van der Waals surface area contributed by atoms with Crippen LogP contribution in [0.4, 0.5) is 4.39 Å². The van der Waals surface area contributed by atoms with E-state index in [0.717, 1.165) is 0 Å². The average Bonchev–Trinajstić information content (AvgIpc) is 3.24. The van der Waals surface area contributed by atoms with E-state index in [2.05, 4.69) is 97.1 Å². The van der Waals surface area contributed by atoms with E-state index < -0.39 is 12.9 Å². The first-order valence-corrected chi connectivity index (χ1v) is 13.9. The minimum atomic E-state index is -3.58. The van der Waals surface area contributed by atoms with Crippen molar-refractivity contribution in [3.05, 3.63) is 151 Å². The molecule has 1 nitrogen and oxygen atoms in total. The summed E-state index contributed by atoms with van der Waals surface area (Å²) in [7, 11) is 0. The van der Waals surface area contributed by atoms with Crippen molar-refractivity contribution in [3.8, 4) is 0 Å². The third-order valence-electron chi connectivity index (χ3n) is 7.42. The molecule has 1 aliphatic heterocycles. The molecule has 0 bridgehead atoms. The molecule has 2 unspecified atom stereocenters. The number of hydrogen-bond donors (Lipinski definition) is 0. The van der Waals surface area contributed by atoms with Crippen LogP contribution in [0.3, 0.4) is 0 Å². The first kappa shape index (κ1) is 21.2. The standard InChI is InChI=1S/C31H26FOP/c32-29-22-12-10-20-27(29)31-28-21-11-13-23-30(28)34(33-31,24-14-4-1-5-15-24,25-16-6-2-7-17-25)26-18-8-3-9-19-26/h1-23,28,30-31H/t28?,30?,31-/m0/s1. The molecule has 1 saturated heterocycles. The average molecular weight is 465 g/mol. The second-order valence-corrected chi connectivity index (χ2v) is 13.6. The summed E-state index contributed by atoms with van der Waals surface area (Å²) >= 11 is 0. The Morgan fingerprint density at radius 3 is 1.56 bits per heavy atom. The number of hydrogen-bond acceptors (Lipinski definition) is 1.